The summed E-state index contributed by atoms with van der Waals surface area (Å²) in [6.07, 6.45) is 8.23. The number of hydrogen-bond acceptors (Lipinski definition) is 4. The summed E-state index contributed by atoms with van der Waals surface area (Å²) >= 11 is 5.73. The van der Waals surface area contributed by atoms with Crippen LogP contribution in [0.15, 0.2) is 25.0 Å². The van der Waals surface area contributed by atoms with Gasteiger partial charge in [-0.05, 0) is 25.7 Å². The highest BCUT2D eigenvalue weighted by atomic mass is 35.5. The Morgan fingerprint density at radius 2 is 2.05 bits per heavy atom. The van der Waals surface area contributed by atoms with E-state index in [1.165, 1.54) is 12.4 Å². The van der Waals surface area contributed by atoms with E-state index in [9.17, 15) is 4.79 Å². The molecule has 0 unspecified atom stereocenters. The van der Waals surface area contributed by atoms with Crippen molar-refractivity contribution in [3.63, 3.8) is 0 Å². The van der Waals surface area contributed by atoms with Crippen LogP contribution in [0.2, 0.25) is 5.02 Å². The van der Waals surface area contributed by atoms with Crippen molar-refractivity contribution in [2.45, 2.75) is 37.8 Å². The number of nitrogens with zero attached hydrogens (tertiary/aromatic N) is 2. The SMILES string of the molecule is C=CCNC(=O)NC1CCC(Oc2ncc(Cl)cn2)CC1. The van der Waals surface area contributed by atoms with Gasteiger partial charge < -0.3 is 15.4 Å². The van der Waals surface area contributed by atoms with Crippen LogP contribution >= 0.6 is 11.6 Å². The third kappa shape index (κ3) is 5.23. The lowest BCUT2D eigenvalue weighted by molar-refractivity contribution is 0.129. The first kappa shape index (κ1) is 15.6. The van der Waals surface area contributed by atoms with E-state index in [2.05, 4.69) is 27.2 Å². The summed E-state index contributed by atoms with van der Waals surface area (Å²) < 4.78 is 5.71. The Morgan fingerprint density at radius 1 is 1.38 bits per heavy atom. The van der Waals surface area contributed by atoms with Crippen molar-refractivity contribution >= 4 is 17.6 Å². The van der Waals surface area contributed by atoms with E-state index in [-0.39, 0.29) is 18.2 Å². The average Bonchev–Trinajstić information content (AvgIpc) is 2.49. The lowest BCUT2D eigenvalue weighted by Crippen LogP contribution is -2.44. The molecule has 1 fully saturated rings. The molecule has 0 spiro atoms. The molecule has 0 radical (unpaired) electrons. The predicted molar refractivity (Wildman–Crippen MR) is 80.4 cm³/mol. The Labute approximate surface area is 129 Å². The van der Waals surface area contributed by atoms with Gasteiger partial charge in [0.05, 0.1) is 17.4 Å². The molecule has 21 heavy (non-hydrogen) atoms. The molecule has 2 amide bonds. The van der Waals surface area contributed by atoms with E-state index in [4.69, 9.17) is 16.3 Å². The third-order valence-corrected chi connectivity index (χ3v) is 3.48. The number of rotatable bonds is 5. The maximum atomic E-state index is 11.5. The first-order valence-corrected chi connectivity index (χ1v) is 7.34. The van der Waals surface area contributed by atoms with Gasteiger partial charge in [-0.15, -0.1) is 6.58 Å². The van der Waals surface area contributed by atoms with Gasteiger partial charge in [-0.2, -0.15) is 0 Å². The smallest absolute Gasteiger partial charge is 0.316 e. The molecule has 114 valence electrons. The van der Waals surface area contributed by atoms with Gasteiger partial charge in [0.15, 0.2) is 0 Å². The zero-order chi connectivity index (χ0) is 15.1. The third-order valence-electron chi connectivity index (χ3n) is 3.29. The summed E-state index contributed by atoms with van der Waals surface area (Å²) in [7, 11) is 0. The molecule has 1 heterocycles. The molecule has 1 aromatic heterocycles. The van der Waals surface area contributed by atoms with Crippen molar-refractivity contribution < 1.29 is 9.53 Å². The fourth-order valence-electron chi connectivity index (χ4n) is 2.24. The van der Waals surface area contributed by atoms with Crippen LogP contribution in [-0.4, -0.2) is 34.7 Å². The van der Waals surface area contributed by atoms with Crippen molar-refractivity contribution in [1.82, 2.24) is 20.6 Å². The fourth-order valence-corrected chi connectivity index (χ4v) is 2.33. The van der Waals surface area contributed by atoms with E-state index >= 15 is 0 Å². The first-order valence-electron chi connectivity index (χ1n) is 6.97. The molecule has 1 aliphatic rings. The van der Waals surface area contributed by atoms with E-state index in [1.807, 2.05) is 0 Å². The molecule has 1 aromatic rings. The second kappa shape index (κ2) is 7.83. The summed E-state index contributed by atoms with van der Waals surface area (Å²) in [5.74, 6) is 0. The van der Waals surface area contributed by atoms with E-state index in [0.717, 1.165) is 25.7 Å². The van der Waals surface area contributed by atoms with Crippen molar-refractivity contribution in [2.24, 2.45) is 0 Å². The lowest BCUT2D eigenvalue weighted by Gasteiger charge is -2.28. The summed E-state index contributed by atoms with van der Waals surface area (Å²) in [6, 6.07) is 0.376. The highest BCUT2D eigenvalue weighted by Gasteiger charge is 2.24. The second-order valence-corrected chi connectivity index (χ2v) is 5.35. The number of ether oxygens (including phenoxy) is 1. The Bertz CT molecular complexity index is 472. The van der Waals surface area contributed by atoms with Crippen LogP contribution in [0.4, 0.5) is 4.79 Å². The van der Waals surface area contributed by atoms with Gasteiger partial charge in [0, 0.05) is 12.6 Å². The molecule has 1 aliphatic carbocycles. The molecule has 6 nitrogen and oxygen atoms in total. The van der Waals surface area contributed by atoms with Crippen LogP contribution in [0.5, 0.6) is 6.01 Å². The quantitative estimate of drug-likeness (QED) is 0.818. The summed E-state index contributed by atoms with van der Waals surface area (Å²) in [4.78, 5) is 19.6. The van der Waals surface area contributed by atoms with Gasteiger partial charge in [-0.1, -0.05) is 17.7 Å². The lowest BCUT2D eigenvalue weighted by atomic mass is 9.93. The Morgan fingerprint density at radius 3 is 2.67 bits per heavy atom. The molecule has 0 aliphatic heterocycles. The number of nitrogens with one attached hydrogen (secondary N) is 2. The number of hydrogen-bond donors (Lipinski definition) is 2. The highest BCUT2D eigenvalue weighted by Crippen LogP contribution is 2.22. The Hall–Kier alpha value is -1.82. The number of carbonyl (C=O) groups excluding carboxylic acids is 1. The summed E-state index contributed by atoms with van der Waals surface area (Å²) in [5.41, 5.74) is 0. The van der Waals surface area contributed by atoms with Gasteiger partial charge in [0.2, 0.25) is 0 Å². The number of urea groups is 1. The standard InChI is InChI=1S/C14H19ClN4O2/c1-2-7-16-13(20)19-11-3-5-12(6-4-11)21-14-17-8-10(15)9-18-14/h2,8-9,11-12H,1,3-7H2,(H2,16,19,20). The van der Waals surface area contributed by atoms with Gasteiger partial charge in [0.25, 0.3) is 0 Å². The minimum atomic E-state index is -0.152. The Balaban J connectivity index is 1.71. The van der Waals surface area contributed by atoms with E-state index < -0.39 is 0 Å². The topological polar surface area (TPSA) is 76.1 Å². The van der Waals surface area contributed by atoms with Gasteiger partial charge >= 0.3 is 12.0 Å². The number of carbonyl (C=O) groups is 1. The zero-order valence-corrected chi connectivity index (χ0v) is 12.5. The van der Waals surface area contributed by atoms with E-state index in [1.54, 1.807) is 6.08 Å². The molecule has 0 saturated heterocycles. The van der Waals surface area contributed by atoms with Crippen molar-refractivity contribution in [3.8, 4) is 6.01 Å². The predicted octanol–water partition coefficient (Wildman–Crippen LogP) is 2.31. The first-order chi connectivity index (χ1) is 10.2. The molecule has 2 N–H and O–H groups in total. The summed E-state index contributed by atoms with van der Waals surface area (Å²) in [6.45, 7) is 4.03. The average molecular weight is 311 g/mol. The zero-order valence-electron chi connectivity index (χ0n) is 11.7. The van der Waals surface area contributed by atoms with Crippen LogP contribution in [0.25, 0.3) is 0 Å². The number of amides is 2. The maximum Gasteiger partial charge on any atom is 0.316 e. The van der Waals surface area contributed by atoms with Gasteiger partial charge in [-0.25, -0.2) is 14.8 Å². The normalized spacial score (nSPS) is 21.4. The molecular weight excluding hydrogens is 292 g/mol. The maximum absolute atomic E-state index is 11.5. The minimum absolute atomic E-state index is 0.0838. The van der Waals surface area contributed by atoms with Crippen molar-refractivity contribution in [3.05, 3.63) is 30.1 Å². The van der Waals surface area contributed by atoms with Crippen LogP contribution in [0.3, 0.4) is 0 Å². The second-order valence-electron chi connectivity index (χ2n) is 4.92. The molecule has 0 atom stereocenters. The molecular formula is C14H19ClN4O2. The molecule has 0 bridgehead atoms. The number of halogens is 1. The van der Waals surface area contributed by atoms with Gasteiger partial charge in [-0.3, -0.25) is 0 Å². The highest BCUT2D eigenvalue weighted by molar-refractivity contribution is 6.30. The molecule has 2 rings (SSSR count). The van der Waals surface area contributed by atoms with Crippen LogP contribution in [0.1, 0.15) is 25.7 Å². The monoisotopic (exact) mass is 310 g/mol. The summed E-state index contributed by atoms with van der Waals surface area (Å²) in [5, 5.41) is 6.13. The number of aromatic nitrogens is 2. The molecule has 0 aromatic carbocycles. The largest absolute Gasteiger partial charge is 0.460 e. The van der Waals surface area contributed by atoms with Crippen molar-refractivity contribution in [2.75, 3.05) is 6.54 Å². The Kier molecular flexibility index (Phi) is 5.80. The van der Waals surface area contributed by atoms with Gasteiger partial charge in [0.1, 0.15) is 6.10 Å². The molecule has 7 heteroatoms. The molecule has 1 saturated carbocycles. The van der Waals surface area contributed by atoms with Crippen molar-refractivity contribution in [1.29, 1.82) is 0 Å². The van der Waals surface area contributed by atoms with E-state index in [0.29, 0.717) is 17.6 Å². The van der Waals surface area contributed by atoms with Crippen LogP contribution in [0, 0.1) is 0 Å². The fraction of sp³-hybridized carbons (Fsp3) is 0.500. The van der Waals surface area contributed by atoms with Crippen LogP contribution < -0.4 is 15.4 Å². The van der Waals surface area contributed by atoms with Crippen LogP contribution in [-0.2, 0) is 0 Å². The minimum Gasteiger partial charge on any atom is -0.460 e.